The van der Waals surface area contributed by atoms with Crippen molar-refractivity contribution in [3.05, 3.63) is 23.7 Å². The molecule has 0 aromatic carbocycles. The van der Waals surface area contributed by atoms with Gasteiger partial charge in [0.05, 0.1) is 13.7 Å². The lowest BCUT2D eigenvalue weighted by Crippen LogP contribution is -2.33. The Kier molecular flexibility index (Phi) is 4.64. The number of esters is 1. The molecule has 1 aliphatic carbocycles. The number of furan rings is 1. The Balaban J connectivity index is 1.79. The van der Waals surface area contributed by atoms with Gasteiger partial charge in [0, 0.05) is 6.54 Å². The van der Waals surface area contributed by atoms with Crippen molar-refractivity contribution >= 4 is 5.97 Å². The molecule has 0 aliphatic heterocycles. The minimum atomic E-state index is -0.425. The van der Waals surface area contributed by atoms with Crippen LogP contribution in [0.2, 0.25) is 0 Å². The van der Waals surface area contributed by atoms with Crippen LogP contribution in [0.4, 0.5) is 0 Å². The summed E-state index contributed by atoms with van der Waals surface area (Å²) in [5, 5.41) is 3.44. The smallest absolute Gasteiger partial charge is 0.373 e. The van der Waals surface area contributed by atoms with Crippen LogP contribution in [0.3, 0.4) is 0 Å². The van der Waals surface area contributed by atoms with E-state index in [2.05, 4.69) is 17.0 Å². The van der Waals surface area contributed by atoms with Crippen molar-refractivity contribution in [2.45, 2.75) is 45.6 Å². The molecule has 1 saturated carbocycles. The van der Waals surface area contributed by atoms with E-state index in [1.807, 2.05) is 6.07 Å². The Morgan fingerprint density at radius 3 is 2.79 bits per heavy atom. The highest BCUT2D eigenvalue weighted by molar-refractivity contribution is 5.86. The third kappa shape index (κ3) is 3.83. The van der Waals surface area contributed by atoms with E-state index >= 15 is 0 Å². The first kappa shape index (κ1) is 14.1. The molecule has 0 saturated heterocycles. The van der Waals surface area contributed by atoms with Gasteiger partial charge in [-0.15, -0.1) is 0 Å². The van der Waals surface area contributed by atoms with E-state index < -0.39 is 5.97 Å². The molecule has 1 fully saturated rings. The summed E-state index contributed by atoms with van der Waals surface area (Å²) in [6.45, 7) is 4.01. The van der Waals surface area contributed by atoms with Crippen molar-refractivity contribution in [3.63, 3.8) is 0 Å². The van der Waals surface area contributed by atoms with E-state index in [4.69, 9.17) is 4.42 Å². The number of hydrogen-bond acceptors (Lipinski definition) is 4. The molecule has 0 amide bonds. The molecule has 0 unspecified atom stereocenters. The molecule has 1 aromatic rings. The van der Waals surface area contributed by atoms with Crippen LogP contribution in [0.1, 0.15) is 55.3 Å². The van der Waals surface area contributed by atoms with E-state index in [0.29, 0.717) is 12.0 Å². The number of hydrogen-bond donors (Lipinski definition) is 1. The minimum Gasteiger partial charge on any atom is -0.463 e. The maximum atomic E-state index is 11.3. The quantitative estimate of drug-likeness (QED) is 0.831. The maximum absolute atomic E-state index is 11.3. The van der Waals surface area contributed by atoms with E-state index in [1.165, 1.54) is 39.2 Å². The van der Waals surface area contributed by atoms with Gasteiger partial charge in [0.15, 0.2) is 0 Å². The summed E-state index contributed by atoms with van der Waals surface area (Å²) < 4.78 is 10.0. The molecule has 4 heteroatoms. The van der Waals surface area contributed by atoms with Gasteiger partial charge in [-0.2, -0.15) is 0 Å². The highest BCUT2D eigenvalue weighted by Gasteiger charge is 2.26. The number of methoxy groups -OCH3 is 1. The molecule has 2 rings (SSSR count). The van der Waals surface area contributed by atoms with Crippen molar-refractivity contribution < 1.29 is 13.9 Å². The number of rotatable bonds is 5. The van der Waals surface area contributed by atoms with Crippen molar-refractivity contribution in [2.75, 3.05) is 13.7 Å². The molecule has 19 heavy (non-hydrogen) atoms. The van der Waals surface area contributed by atoms with Gasteiger partial charge in [-0.1, -0.05) is 26.2 Å². The zero-order chi connectivity index (χ0) is 13.7. The van der Waals surface area contributed by atoms with Gasteiger partial charge >= 0.3 is 5.97 Å². The Hall–Kier alpha value is -1.29. The number of carbonyl (C=O) groups is 1. The SMILES string of the molecule is COC(=O)c1ccc(CNCC2(C)CCCCC2)o1. The van der Waals surface area contributed by atoms with Crippen molar-refractivity contribution in [2.24, 2.45) is 5.41 Å². The van der Waals surface area contributed by atoms with Crippen LogP contribution in [-0.4, -0.2) is 19.6 Å². The summed E-state index contributed by atoms with van der Waals surface area (Å²) in [5.41, 5.74) is 0.413. The maximum Gasteiger partial charge on any atom is 0.373 e. The fourth-order valence-electron chi connectivity index (χ4n) is 2.75. The lowest BCUT2D eigenvalue weighted by molar-refractivity contribution is 0.0562. The number of nitrogens with one attached hydrogen (secondary N) is 1. The zero-order valence-corrected chi connectivity index (χ0v) is 11.8. The zero-order valence-electron chi connectivity index (χ0n) is 11.8. The molecule has 1 N–H and O–H groups in total. The predicted octanol–water partition coefficient (Wildman–Crippen LogP) is 3.13. The van der Waals surface area contributed by atoms with Crippen molar-refractivity contribution in [1.29, 1.82) is 0 Å². The second-order valence-corrected chi connectivity index (χ2v) is 5.73. The largest absolute Gasteiger partial charge is 0.463 e. The molecule has 1 heterocycles. The highest BCUT2D eigenvalue weighted by Crippen LogP contribution is 2.34. The van der Waals surface area contributed by atoms with Crippen LogP contribution in [-0.2, 0) is 11.3 Å². The highest BCUT2D eigenvalue weighted by atomic mass is 16.5. The molecule has 1 aromatic heterocycles. The standard InChI is InChI=1S/C15H23NO3/c1-15(8-4-3-5-9-15)11-16-10-12-6-7-13(19-12)14(17)18-2/h6-7,16H,3-5,8-11H2,1-2H3. The topological polar surface area (TPSA) is 51.5 Å². The Morgan fingerprint density at radius 2 is 2.11 bits per heavy atom. The minimum absolute atomic E-state index is 0.267. The predicted molar refractivity (Wildman–Crippen MR) is 72.9 cm³/mol. The number of carbonyl (C=O) groups excluding carboxylic acids is 1. The lowest BCUT2D eigenvalue weighted by atomic mass is 9.76. The van der Waals surface area contributed by atoms with Gasteiger partial charge in [-0.05, 0) is 30.4 Å². The van der Waals surface area contributed by atoms with Crippen LogP contribution in [0, 0.1) is 5.41 Å². The Morgan fingerprint density at radius 1 is 1.37 bits per heavy atom. The van der Waals surface area contributed by atoms with E-state index in [1.54, 1.807) is 6.07 Å². The van der Waals surface area contributed by atoms with Crippen molar-refractivity contribution in [1.82, 2.24) is 5.32 Å². The van der Waals surface area contributed by atoms with E-state index in [-0.39, 0.29) is 5.76 Å². The van der Waals surface area contributed by atoms with Gasteiger partial charge in [-0.25, -0.2) is 4.79 Å². The van der Waals surface area contributed by atoms with Gasteiger partial charge in [-0.3, -0.25) is 0 Å². The van der Waals surface area contributed by atoms with Crippen LogP contribution in [0.25, 0.3) is 0 Å². The average Bonchev–Trinajstić information content (AvgIpc) is 2.87. The van der Waals surface area contributed by atoms with Gasteiger partial charge < -0.3 is 14.5 Å². The fraction of sp³-hybridized carbons (Fsp3) is 0.667. The first-order chi connectivity index (χ1) is 9.13. The Labute approximate surface area is 114 Å². The summed E-state index contributed by atoms with van der Waals surface area (Å²) in [6, 6.07) is 3.48. The van der Waals surface area contributed by atoms with Crippen LogP contribution < -0.4 is 5.32 Å². The number of ether oxygens (including phenoxy) is 1. The first-order valence-corrected chi connectivity index (χ1v) is 7.01. The average molecular weight is 265 g/mol. The summed E-state index contributed by atoms with van der Waals surface area (Å²) in [7, 11) is 1.35. The normalized spacial score (nSPS) is 18.2. The summed E-state index contributed by atoms with van der Waals surface area (Å²) >= 11 is 0. The van der Waals surface area contributed by atoms with Gasteiger partial charge in [0.25, 0.3) is 0 Å². The van der Waals surface area contributed by atoms with E-state index in [9.17, 15) is 4.79 Å². The summed E-state index contributed by atoms with van der Waals surface area (Å²) in [4.78, 5) is 11.3. The van der Waals surface area contributed by atoms with Crippen LogP contribution >= 0.6 is 0 Å². The fourth-order valence-corrected chi connectivity index (χ4v) is 2.75. The third-order valence-corrected chi connectivity index (χ3v) is 3.96. The molecule has 1 aliphatic rings. The first-order valence-electron chi connectivity index (χ1n) is 7.01. The second-order valence-electron chi connectivity index (χ2n) is 5.73. The van der Waals surface area contributed by atoms with Gasteiger partial charge in [0.1, 0.15) is 5.76 Å². The summed E-state index contributed by atoms with van der Waals surface area (Å²) in [6.07, 6.45) is 6.64. The molecule has 106 valence electrons. The molecule has 4 nitrogen and oxygen atoms in total. The second kappa shape index (κ2) is 6.24. The lowest BCUT2D eigenvalue weighted by Gasteiger charge is -2.33. The summed E-state index contributed by atoms with van der Waals surface area (Å²) in [5.74, 6) is 0.619. The molecule has 0 bridgehead atoms. The van der Waals surface area contributed by atoms with E-state index in [0.717, 1.165) is 12.3 Å². The van der Waals surface area contributed by atoms with Gasteiger partial charge in [0.2, 0.25) is 5.76 Å². The Bertz CT molecular complexity index is 419. The molecule has 0 radical (unpaired) electrons. The molecule has 0 spiro atoms. The van der Waals surface area contributed by atoms with Crippen molar-refractivity contribution in [3.8, 4) is 0 Å². The monoisotopic (exact) mass is 265 g/mol. The molecular weight excluding hydrogens is 242 g/mol. The third-order valence-electron chi connectivity index (χ3n) is 3.96. The molecule has 0 atom stereocenters. The van der Waals surface area contributed by atoms with Crippen LogP contribution in [0.15, 0.2) is 16.5 Å². The van der Waals surface area contributed by atoms with Crippen LogP contribution in [0.5, 0.6) is 0 Å². The molecular formula is C15H23NO3.